The van der Waals surface area contributed by atoms with Crippen LogP contribution in [0.3, 0.4) is 0 Å². The number of nitrogens with zero attached hydrogens (tertiary/aromatic N) is 2. The van der Waals surface area contributed by atoms with Gasteiger partial charge in [0.2, 0.25) is 5.91 Å². The number of carbonyl (C=O) groups is 1. The molecule has 0 aromatic heterocycles. The predicted octanol–water partition coefficient (Wildman–Crippen LogP) is 0.519. The lowest BCUT2D eigenvalue weighted by Crippen LogP contribution is -2.40. The van der Waals surface area contributed by atoms with Crippen LogP contribution >= 0.6 is 24.0 Å². The molecular weight excluding hydrogens is 381 g/mol. The van der Waals surface area contributed by atoms with Crippen molar-refractivity contribution in [2.75, 3.05) is 32.7 Å². The Kier molecular flexibility index (Phi) is 8.31. The molecule has 0 aromatic rings. The molecule has 1 atom stereocenters. The van der Waals surface area contributed by atoms with Gasteiger partial charge in [-0.25, -0.2) is 0 Å². The summed E-state index contributed by atoms with van der Waals surface area (Å²) in [5.74, 6) is 0.920. The van der Waals surface area contributed by atoms with E-state index in [1.807, 2.05) is 0 Å². The van der Waals surface area contributed by atoms with Crippen LogP contribution in [-0.2, 0) is 4.79 Å². The molecule has 1 saturated heterocycles. The van der Waals surface area contributed by atoms with E-state index < -0.39 is 0 Å². The van der Waals surface area contributed by atoms with Crippen molar-refractivity contribution in [1.82, 2.24) is 15.5 Å². The highest BCUT2D eigenvalue weighted by molar-refractivity contribution is 14.0. The van der Waals surface area contributed by atoms with E-state index >= 15 is 0 Å². The van der Waals surface area contributed by atoms with Crippen molar-refractivity contribution in [3.63, 3.8) is 0 Å². The number of likely N-dealkylation sites (N-methyl/N-ethyl adjacent to an activating group) is 1. The third kappa shape index (κ3) is 6.37. The third-order valence-electron chi connectivity index (χ3n) is 4.06. The van der Waals surface area contributed by atoms with E-state index in [1.54, 1.807) is 0 Å². The van der Waals surface area contributed by atoms with Crippen molar-refractivity contribution in [2.24, 2.45) is 16.6 Å². The van der Waals surface area contributed by atoms with Crippen molar-refractivity contribution in [3.05, 3.63) is 0 Å². The molecule has 2 aliphatic rings. The number of nitrogens with two attached hydrogens (primary N) is 1. The first-order chi connectivity index (χ1) is 9.70. The zero-order valence-electron chi connectivity index (χ0n) is 12.8. The van der Waals surface area contributed by atoms with E-state index in [-0.39, 0.29) is 35.8 Å². The van der Waals surface area contributed by atoms with Crippen LogP contribution in [0.1, 0.15) is 32.6 Å². The van der Waals surface area contributed by atoms with Gasteiger partial charge in [0.15, 0.2) is 5.96 Å². The number of halogens is 1. The van der Waals surface area contributed by atoms with Gasteiger partial charge in [0.25, 0.3) is 0 Å². The summed E-state index contributed by atoms with van der Waals surface area (Å²) < 4.78 is 0. The zero-order chi connectivity index (χ0) is 14.4. The highest BCUT2D eigenvalue weighted by Crippen LogP contribution is 2.28. The van der Waals surface area contributed by atoms with Crippen molar-refractivity contribution in [1.29, 1.82) is 0 Å². The number of carbonyl (C=O) groups excluding carboxylic acids is 1. The molecule has 0 bridgehead atoms. The smallest absolute Gasteiger partial charge is 0.223 e. The first-order valence-electron chi connectivity index (χ1n) is 7.76. The second kappa shape index (κ2) is 9.45. The summed E-state index contributed by atoms with van der Waals surface area (Å²) >= 11 is 0. The predicted molar refractivity (Wildman–Crippen MR) is 95.9 cm³/mol. The van der Waals surface area contributed by atoms with Crippen LogP contribution in [0.4, 0.5) is 0 Å². The molecule has 122 valence electrons. The number of likely N-dealkylation sites (tertiary alicyclic amines) is 1. The Morgan fingerprint density at radius 1 is 1.29 bits per heavy atom. The summed E-state index contributed by atoms with van der Waals surface area (Å²) in [5.41, 5.74) is 5.84. The molecule has 4 N–H and O–H groups in total. The van der Waals surface area contributed by atoms with Gasteiger partial charge in [-0.1, -0.05) is 6.92 Å². The van der Waals surface area contributed by atoms with Gasteiger partial charge in [-0.15, -0.1) is 24.0 Å². The minimum absolute atomic E-state index is 0. The first-order valence-corrected chi connectivity index (χ1v) is 7.76. The molecule has 1 heterocycles. The molecule has 2 rings (SSSR count). The van der Waals surface area contributed by atoms with E-state index in [4.69, 9.17) is 5.73 Å². The first kappa shape index (κ1) is 18.5. The molecule has 7 heteroatoms. The average Bonchev–Trinajstić information content (AvgIpc) is 3.20. The van der Waals surface area contributed by atoms with Gasteiger partial charge in [-0.05, 0) is 38.8 Å². The van der Waals surface area contributed by atoms with Gasteiger partial charge >= 0.3 is 0 Å². The Morgan fingerprint density at radius 2 is 2.00 bits per heavy atom. The lowest BCUT2D eigenvalue weighted by atomic mass is 10.2. The van der Waals surface area contributed by atoms with Crippen molar-refractivity contribution in [2.45, 2.75) is 38.6 Å². The fourth-order valence-electron chi connectivity index (χ4n) is 2.64. The van der Waals surface area contributed by atoms with Crippen LogP contribution in [0.5, 0.6) is 0 Å². The van der Waals surface area contributed by atoms with Crippen LogP contribution in [-0.4, -0.2) is 55.5 Å². The molecule has 0 aromatic carbocycles. The Morgan fingerprint density at radius 3 is 2.67 bits per heavy atom. The number of rotatable bonds is 7. The van der Waals surface area contributed by atoms with E-state index in [0.29, 0.717) is 25.1 Å². The summed E-state index contributed by atoms with van der Waals surface area (Å²) in [6.07, 6.45) is 4.55. The standard InChI is InChI=1S/C14H27N5O.HI/c1-2-19-9-3-4-12(19)10-18-14(15)17-8-7-16-13(20)11-5-6-11;/h11-12H,2-10H2,1H3,(H,16,20)(H3,15,17,18);1H. The monoisotopic (exact) mass is 409 g/mol. The summed E-state index contributed by atoms with van der Waals surface area (Å²) in [6, 6.07) is 0.537. The van der Waals surface area contributed by atoms with Crippen LogP contribution in [0, 0.1) is 5.92 Å². The lowest BCUT2D eigenvalue weighted by molar-refractivity contribution is -0.122. The summed E-state index contributed by atoms with van der Waals surface area (Å²) in [6.45, 7) is 6.46. The second-order valence-corrected chi connectivity index (χ2v) is 5.64. The average molecular weight is 409 g/mol. The Bertz CT molecular complexity index is 359. The van der Waals surface area contributed by atoms with Crippen molar-refractivity contribution >= 4 is 35.8 Å². The maximum Gasteiger partial charge on any atom is 0.223 e. The van der Waals surface area contributed by atoms with Crippen molar-refractivity contribution < 1.29 is 4.79 Å². The summed E-state index contributed by atoms with van der Waals surface area (Å²) in [5, 5.41) is 5.94. The van der Waals surface area contributed by atoms with Gasteiger partial charge in [0, 0.05) is 25.0 Å². The van der Waals surface area contributed by atoms with E-state index in [9.17, 15) is 4.79 Å². The van der Waals surface area contributed by atoms with Crippen LogP contribution < -0.4 is 16.4 Å². The van der Waals surface area contributed by atoms with Gasteiger partial charge < -0.3 is 16.4 Å². The Hall–Kier alpha value is -0.570. The fraction of sp³-hybridized carbons (Fsp3) is 0.857. The van der Waals surface area contributed by atoms with Crippen LogP contribution in [0.2, 0.25) is 0 Å². The number of hydrogen-bond donors (Lipinski definition) is 3. The van der Waals surface area contributed by atoms with E-state index in [1.165, 1.54) is 19.4 Å². The largest absolute Gasteiger partial charge is 0.370 e. The zero-order valence-corrected chi connectivity index (χ0v) is 15.1. The molecule has 0 radical (unpaired) electrons. The van der Waals surface area contributed by atoms with Gasteiger partial charge in [-0.3, -0.25) is 14.7 Å². The maximum atomic E-state index is 11.4. The normalized spacial score (nSPS) is 22.7. The molecule has 21 heavy (non-hydrogen) atoms. The quantitative estimate of drug-likeness (QED) is 0.248. The number of aliphatic imine (C=N–C) groups is 1. The van der Waals surface area contributed by atoms with Crippen LogP contribution in [0.25, 0.3) is 0 Å². The summed E-state index contributed by atoms with van der Waals surface area (Å²) in [4.78, 5) is 18.3. The third-order valence-corrected chi connectivity index (χ3v) is 4.06. The Balaban J connectivity index is 0.00000220. The Labute approximate surface area is 144 Å². The number of amides is 1. The van der Waals surface area contributed by atoms with Crippen molar-refractivity contribution in [3.8, 4) is 0 Å². The lowest BCUT2D eigenvalue weighted by Gasteiger charge is -2.20. The molecule has 1 unspecified atom stereocenters. The number of nitrogens with one attached hydrogen (secondary N) is 2. The molecule has 0 spiro atoms. The second-order valence-electron chi connectivity index (χ2n) is 5.64. The number of hydrogen-bond acceptors (Lipinski definition) is 3. The molecular formula is C14H28IN5O. The molecule has 1 saturated carbocycles. The van der Waals surface area contributed by atoms with Gasteiger partial charge in [0.1, 0.15) is 0 Å². The minimum Gasteiger partial charge on any atom is -0.370 e. The molecule has 1 aliphatic heterocycles. The maximum absolute atomic E-state index is 11.4. The van der Waals surface area contributed by atoms with E-state index in [2.05, 4.69) is 27.4 Å². The van der Waals surface area contributed by atoms with E-state index in [0.717, 1.165) is 25.9 Å². The van der Waals surface area contributed by atoms with Gasteiger partial charge in [-0.2, -0.15) is 0 Å². The minimum atomic E-state index is 0. The molecule has 2 fully saturated rings. The summed E-state index contributed by atoms with van der Waals surface area (Å²) in [7, 11) is 0. The molecule has 1 aliphatic carbocycles. The molecule has 6 nitrogen and oxygen atoms in total. The topological polar surface area (TPSA) is 82.8 Å². The SMILES string of the molecule is CCN1CCCC1CN=C(N)NCCNC(=O)C1CC1.I. The highest BCUT2D eigenvalue weighted by atomic mass is 127. The molecule has 1 amide bonds. The fourth-order valence-corrected chi connectivity index (χ4v) is 2.64. The highest BCUT2D eigenvalue weighted by Gasteiger charge is 2.29. The van der Waals surface area contributed by atoms with Gasteiger partial charge in [0.05, 0.1) is 6.54 Å². The van der Waals surface area contributed by atoms with Crippen LogP contribution in [0.15, 0.2) is 4.99 Å². The number of guanidine groups is 1.